The molecule has 0 radical (unpaired) electrons. The molecule has 0 amide bonds. The number of hydrogen-bond acceptors (Lipinski definition) is 6. The fourth-order valence-electron chi connectivity index (χ4n) is 12.4. The Morgan fingerprint density at radius 1 is 1.00 bits per heavy atom. The van der Waals surface area contributed by atoms with E-state index in [-0.39, 0.29) is 45.7 Å². The fourth-order valence-corrected chi connectivity index (χ4v) is 12.4. The highest BCUT2D eigenvalue weighted by Crippen LogP contribution is 2.89. The first-order valence-electron chi connectivity index (χ1n) is 15.4. The van der Waals surface area contributed by atoms with Gasteiger partial charge >= 0.3 is 5.97 Å². The monoisotopic (exact) mass is 532 g/mol. The van der Waals surface area contributed by atoms with Gasteiger partial charge in [-0.05, 0) is 111 Å². The molecule has 5 saturated carbocycles. The molecule has 2 unspecified atom stereocenters. The first-order chi connectivity index (χ1) is 17.5. The van der Waals surface area contributed by atoms with Crippen LogP contribution in [0.3, 0.4) is 0 Å². The molecule has 6 fully saturated rings. The van der Waals surface area contributed by atoms with Gasteiger partial charge in [-0.1, -0.05) is 34.6 Å². The average molecular weight is 533 g/mol. The van der Waals surface area contributed by atoms with Crippen molar-refractivity contribution in [2.75, 3.05) is 0 Å². The second kappa shape index (κ2) is 7.98. The smallest absolute Gasteiger partial charge is 0.303 e. The van der Waals surface area contributed by atoms with Crippen LogP contribution in [0.25, 0.3) is 0 Å². The standard InChI is InChI=1S/C32H52O6/c1-17-15-19(26(28(5,6)36)37-18(2)33)38-24-23(17)29(7)13-14-32-16-31(32)12-11-22(34)27(3,4)20(31)9-10-21(32)30(29,8)25(24)35/h17,19-26,34-36H,9-16H2,1-8H3/t17-,19-,20+,21+,22+,23?,24?,25+,26+,29-,30-,31-,32+/m1/s1. The maximum atomic E-state index is 12.3. The summed E-state index contributed by atoms with van der Waals surface area (Å²) in [6.07, 6.45) is 6.19. The van der Waals surface area contributed by atoms with Gasteiger partial charge in [-0.15, -0.1) is 0 Å². The van der Waals surface area contributed by atoms with Crippen molar-refractivity contribution in [2.45, 2.75) is 143 Å². The number of rotatable bonds is 3. The Morgan fingerprint density at radius 3 is 2.26 bits per heavy atom. The number of carbonyl (C=O) groups excluding carboxylic acids is 1. The molecule has 6 nitrogen and oxygen atoms in total. The predicted octanol–water partition coefficient (Wildman–Crippen LogP) is 4.86. The maximum absolute atomic E-state index is 12.3. The van der Waals surface area contributed by atoms with Crippen molar-refractivity contribution in [1.29, 1.82) is 0 Å². The molecule has 13 atom stereocenters. The summed E-state index contributed by atoms with van der Waals surface area (Å²) in [6, 6.07) is 0. The summed E-state index contributed by atoms with van der Waals surface area (Å²) < 4.78 is 12.4. The van der Waals surface area contributed by atoms with E-state index in [0.717, 1.165) is 32.1 Å². The van der Waals surface area contributed by atoms with Crippen molar-refractivity contribution in [1.82, 2.24) is 0 Å². The van der Waals surface area contributed by atoms with Gasteiger partial charge in [0.2, 0.25) is 0 Å². The fraction of sp³-hybridized carbons (Fsp3) is 0.969. The van der Waals surface area contributed by atoms with Crippen LogP contribution in [0.1, 0.15) is 107 Å². The number of hydrogen-bond donors (Lipinski definition) is 3. The van der Waals surface area contributed by atoms with E-state index in [2.05, 4.69) is 34.6 Å². The summed E-state index contributed by atoms with van der Waals surface area (Å²) in [6.45, 7) is 16.4. The minimum Gasteiger partial charge on any atom is -0.457 e. The lowest BCUT2D eigenvalue weighted by Crippen LogP contribution is -2.59. The summed E-state index contributed by atoms with van der Waals surface area (Å²) >= 11 is 0. The minimum atomic E-state index is -1.24. The van der Waals surface area contributed by atoms with Crippen molar-refractivity contribution in [3.05, 3.63) is 0 Å². The van der Waals surface area contributed by atoms with Crippen molar-refractivity contribution in [3.8, 4) is 0 Å². The van der Waals surface area contributed by atoms with Crippen molar-refractivity contribution >= 4 is 5.97 Å². The molecule has 38 heavy (non-hydrogen) atoms. The topological polar surface area (TPSA) is 96.2 Å². The normalized spacial score (nSPS) is 55.4. The van der Waals surface area contributed by atoms with Crippen LogP contribution < -0.4 is 0 Å². The van der Waals surface area contributed by atoms with Gasteiger partial charge in [0, 0.05) is 12.3 Å². The Morgan fingerprint density at radius 2 is 1.63 bits per heavy atom. The third-order valence-corrected chi connectivity index (χ3v) is 14.1. The van der Waals surface area contributed by atoms with Crippen molar-refractivity contribution in [2.24, 2.45) is 50.7 Å². The summed E-state index contributed by atoms with van der Waals surface area (Å²) in [4.78, 5) is 11.9. The zero-order chi connectivity index (χ0) is 27.8. The lowest BCUT2D eigenvalue weighted by Gasteiger charge is -2.63. The molecule has 0 aromatic heterocycles. The molecule has 1 saturated heterocycles. The van der Waals surface area contributed by atoms with Gasteiger partial charge in [0.15, 0.2) is 6.10 Å². The highest BCUT2D eigenvalue weighted by atomic mass is 16.6. The van der Waals surface area contributed by atoms with E-state index in [4.69, 9.17) is 9.47 Å². The number of fused-ring (bicyclic) bond motifs is 4. The molecule has 216 valence electrons. The molecule has 1 heterocycles. The first-order valence-corrected chi connectivity index (χ1v) is 15.4. The second-order valence-electron chi connectivity index (χ2n) is 16.3. The van der Waals surface area contributed by atoms with Crippen LogP contribution in [0.15, 0.2) is 0 Å². The highest BCUT2D eigenvalue weighted by Gasteiger charge is 2.84. The summed E-state index contributed by atoms with van der Waals surface area (Å²) in [5.41, 5.74) is -1.01. The lowest BCUT2D eigenvalue weighted by molar-refractivity contribution is -0.216. The quantitative estimate of drug-likeness (QED) is 0.449. The van der Waals surface area contributed by atoms with Crippen LogP contribution in [-0.2, 0) is 14.3 Å². The number of aliphatic hydroxyl groups is 3. The van der Waals surface area contributed by atoms with Crippen LogP contribution in [0.5, 0.6) is 0 Å². The molecule has 0 aromatic rings. The van der Waals surface area contributed by atoms with Gasteiger partial charge in [-0.25, -0.2) is 0 Å². The van der Waals surface area contributed by atoms with E-state index in [0.29, 0.717) is 23.7 Å². The third-order valence-electron chi connectivity index (χ3n) is 14.1. The van der Waals surface area contributed by atoms with Gasteiger partial charge in [-0.2, -0.15) is 0 Å². The number of ether oxygens (including phenoxy) is 2. The minimum absolute atomic E-state index is 0.0383. The lowest BCUT2D eigenvalue weighted by atomic mass is 9.41. The maximum Gasteiger partial charge on any atom is 0.303 e. The van der Waals surface area contributed by atoms with Gasteiger partial charge in [0.05, 0.1) is 30.0 Å². The zero-order valence-electron chi connectivity index (χ0n) is 24.9. The van der Waals surface area contributed by atoms with Crippen LogP contribution in [-0.4, -0.2) is 57.4 Å². The Labute approximate surface area is 229 Å². The van der Waals surface area contributed by atoms with E-state index >= 15 is 0 Å². The van der Waals surface area contributed by atoms with E-state index < -0.39 is 29.9 Å². The predicted molar refractivity (Wildman–Crippen MR) is 144 cm³/mol. The molecule has 0 aromatic carbocycles. The Bertz CT molecular complexity index is 1000. The SMILES string of the molecule is CC(=O)O[C@@H]([C@H]1C[C@@H](C)C2C(O1)[C@H](O)[C@@]1(C)[C@@H]3CC[C@H]4C(C)(C)[C@@H](O)CC[C@@]45C[C@@]35CC[C@]21C)C(C)(C)O. The van der Waals surface area contributed by atoms with Crippen LogP contribution >= 0.6 is 0 Å². The largest absolute Gasteiger partial charge is 0.457 e. The third kappa shape index (κ3) is 3.13. The molecule has 1 aliphatic heterocycles. The number of esters is 1. The molecule has 6 rings (SSSR count). The number of carbonyl (C=O) groups is 1. The highest BCUT2D eigenvalue weighted by molar-refractivity contribution is 5.66. The van der Waals surface area contributed by atoms with Gasteiger partial charge in [0.25, 0.3) is 0 Å². The number of aliphatic hydroxyl groups excluding tert-OH is 2. The van der Waals surface area contributed by atoms with E-state index in [1.165, 1.54) is 19.8 Å². The zero-order valence-corrected chi connectivity index (χ0v) is 24.9. The summed E-state index contributed by atoms with van der Waals surface area (Å²) in [5, 5.41) is 34.2. The second-order valence-corrected chi connectivity index (χ2v) is 16.3. The van der Waals surface area contributed by atoms with E-state index in [1.807, 2.05) is 0 Å². The van der Waals surface area contributed by atoms with Crippen LogP contribution in [0.2, 0.25) is 0 Å². The Hall–Kier alpha value is -0.690. The molecule has 0 bridgehead atoms. The van der Waals surface area contributed by atoms with Gasteiger partial charge in [0.1, 0.15) is 0 Å². The molecule has 5 aliphatic carbocycles. The molecule has 3 N–H and O–H groups in total. The van der Waals surface area contributed by atoms with E-state index in [9.17, 15) is 20.1 Å². The van der Waals surface area contributed by atoms with Gasteiger partial charge < -0.3 is 24.8 Å². The molecule has 2 spiro atoms. The van der Waals surface area contributed by atoms with Crippen LogP contribution in [0, 0.1) is 50.7 Å². The summed E-state index contributed by atoms with van der Waals surface area (Å²) in [5.74, 6) is 1.09. The molecular weight excluding hydrogens is 480 g/mol. The first kappa shape index (κ1) is 27.5. The Balaban J connectivity index is 1.35. The summed E-state index contributed by atoms with van der Waals surface area (Å²) in [7, 11) is 0. The molecule has 6 heteroatoms. The average Bonchev–Trinajstić information content (AvgIpc) is 3.44. The van der Waals surface area contributed by atoms with Crippen molar-refractivity contribution < 1.29 is 29.6 Å². The Kier molecular flexibility index (Phi) is 5.77. The van der Waals surface area contributed by atoms with Crippen LogP contribution in [0.4, 0.5) is 0 Å². The van der Waals surface area contributed by atoms with Crippen molar-refractivity contribution in [3.63, 3.8) is 0 Å². The van der Waals surface area contributed by atoms with Gasteiger partial charge in [-0.3, -0.25) is 4.79 Å². The van der Waals surface area contributed by atoms with E-state index in [1.54, 1.807) is 13.8 Å². The molecule has 6 aliphatic rings. The molecular formula is C32H52O6.